The first kappa shape index (κ1) is 24.9. The van der Waals surface area contributed by atoms with Crippen LogP contribution in [0.3, 0.4) is 0 Å². The van der Waals surface area contributed by atoms with Crippen LogP contribution in [0.15, 0.2) is 90.5 Å². The second-order valence-electron chi connectivity index (χ2n) is 9.45. The maximum atomic E-state index is 13.6. The van der Waals surface area contributed by atoms with Gasteiger partial charge in [0.15, 0.2) is 11.9 Å². The third-order valence-electron chi connectivity index (χ3n) is 6.45. The first-order valence-corrected chi connectivity index (χ1v) is 12.6. The average Bonchev–Trinajstić information content (AvgIpc) is 3.13. The summed E-state index contributed by atoms with van der Waals surface area (Å²) in [5, 5.41) is -0.547. The van der Waals surface area contributed by atoms with Gasteiger partial charge < -0.3 is 9.64 Å². The molecule has 8 heteroatoms. The molecule has 0 aromatic heterocycles. The highest BCUT2D eigenvalue weighted by atomic mass is 32.2. The van der Waals surface area contributed by atoms with Gasteiger partial charge in [0, 0.05) is 16.4 Å². The Labute approximate surface area is 217 Å². The lowest BCUT2D eigenvalue weighted by Gasteiger charge is -2.39. The third kappa shape index (κ3) is 4.69. The van der Waals surface area contributed by atoms with Crippen molar-refractivity contribution in [3.05, 3.63) is 119 Å². The molecule has 5 nitrogen and oxygen atoms in total. The summed E-state index contributed by atoms with van der Waals surface area (Å²) in [6.07, 6.45) is 0.441. The Morgan fingerprint density at radius 1 is 0.946 bits per heavy atom. The molecule has 0 aliphatic carbocycles. The number of fused-ring (bicyclic) bond motifs is 1. The average molecular weight is 520 g/mol. The number of hydrogen-bond donors (Lipinski definition) is 0. The van der Waals surface area contributed by atoms with Crippen LogP contribution in [0, 0.1) is 11.6 Å². The van der Waals surface area contributed by atoms with E-state index in [9.17, 15) is 23.2 Å². The molecule has 1 amide bonds. The third-order valence-corrected chi connectivity index (χ3v) is 7.98. The van der Waals surface area contributed by atoms with Gasteiger partial charge in [-0.15, -0.1) is 11.8 Å². The molecule has 0 N–H and O–H groups in total. The van der Waals surface area contributed by atoms with Gasteiger partial charge in [0.2, 0.25) is 0 Å². The van der Waals surface area contributed by atoms with Crippen LogP contribution in [-0.4, -0.2) is 38.7 Å². The first-order valence-electron chi connectivity index (χ1n) is 11.7. The van der Waals surface area contributed by atoms with Crippen molar-refractivity contribution in [3.63, 3.8) is 0 Å². The zero-order valence-electron chi connectivity index (χ0n) is 20.1. The fraction of sp³-hybridized carbons (Fsp3) is 0.207. The fourth-order valence-electron chi connectivity index (χ4n) is 4.72. The van der Waals surface area contributed by atoms with Crippen molar-refractivity contribution in [1.82, 2.24) is 4.90 Å². The number of ether oxygens (including phenoxy) is 1. The molecule has 0 radical (unpaired) electrons. The van der Waals surface area contributed by atoms with E-state index in [1.807, 2.05) is 74.5 Å². The molecular formula is C29H23F2NO4S. The second kappa shape index (κ2) is 9.59. The summed E-state index contributed by atoms with van der Waals surface area (Å²) >= 11 is 1.36. The lowest BCUT2D eigenvalue weighted by atomic mass is 9.94. The van der Waals surface area contributed by atoms with Crippen molar-refractivity contribution < 1.29 is 27.9 Å². The van der Waals surface area contributed by atoms with Crippen LogP contribution in [-0.2, 0) is 14.3 Å². The highest BCUT2D eigenvalue weighted by molar-refractivity contribution is 8.01. The fourth-order valence-corrected chi connectivity index (χ4v) is 6.26. The van der Waals surface area contributed by atoms with Gasteiger partial charge in [-0.1, -0.05) is 60.7 Å². The molecule has 2 heterocycles. The van der Waals surface area contributed by atoms with Crippen molar-refractivity contribution in [2.24, 2.45) is 0 Å². The number of β-lactam (4-membered cyclic amide) rings is 1. The number of allylic oxidation sites excluding steroid dienone is 1. The van der Waals surface area contributed by atoms with Crippen molar-refractivity contribution in [1.29, 1.82) is 0 Å². The van der Waals surface area contributed by atoms with Crippen LogP contribution in [0.1, 0.15) is 41.4 Å². The number of esters is 1. The van der Waals surface area contributed by atoms with Gasteiger partial charge in [-0.2, -0.15) is 0 Å². The standard InChI is InChI=1S/C29H23F2NO4S/c1-29(2)25(28(35)36-24(17-9-5-3-6-10-17)18-11-7-4-8-12-18)32-26(34)22(27(32)37-29)16-23(33)19-13-20(30)15-21(31)14-19/h3-16,24-25,27H,1-2H3/b22-16-/t25-,27+/m0/s1. The van der Waals surface area contributed by atoms with Crippen LogP contribution in [0.2, 0.25) is 0 Å². The zero-order valence-corrected chi connectivity index (χ0v) is 20.9. The number of amides is 1. The summed E-state index contributed by atoms with van der Waals surface area (Å²) in [4.78, 5) is 40.8. The van der Waals surface area contributed by atoms with Gasteiger partial charge in [-0.05, 0) is 43.2 Å². The lowest BCUT2D eigenvalue weighted by molar-refractivity contribution is -0.160. The summed E-state index contributed by atoms with van der Waals surface area (Å²) < 4.78 is 32.5. The molecule has 0 bridgehead atoms. The van der Waals surface area contributed by atoms with E-state index in [4.69, 9.17) is 4.74 Å². The maximum Gasteiger partial charge on any atom is 0.331 e. The molecule has 188 valence electrons. The molecule has 2 aliphatic heterocycles. The smallest absolute Gasteiger partial charge is 0.331 e. The van der Waals surface area contributed by atoms with Crippen LogP contribution in [0.4, 0.5) is 8.78 Å². The Balaban J connectivity index is 1.40. The Morgan fingerprint density at radius 2 is 1.49 bits per heavy atom. The van der Waals surface area contributed by atoms with Crippen LogP contribution < -0.4 is 0 Å². The number of thioether (sulfide) groups is 1. The summed E-state index contributed by atoms with van der Waals surface area (Å²) in [5.74, 6) is -3.48. The number of benzene rings is 3. The molecule has 3 aromatic carbocycles. The minimum Gasteiger partial charge on any atom is -0.451 e. The molecule has 0 unspecified atom stereocenters. The molecule has 3 aromatic rings. The van der Waals surface area contributed by atoms with Crippen molar-refractivity contribution in [2.45, 2.75) is 36.1 Å². The predicted molar refractivity (Wildman–Crippen MR) is 136 cm³/mol. The first-order chi connectivity index (χ1) is 17.7. The van der Waals surface area contributed by atoms with E-state index in [0.717, 1.165) is 29.3 Å². The van der Waals surface area contributed by atoms with E-state index in [1.165, 1.54) is 16.7 Å². The number of halogens is 2. The van der Waals surface area contributed by atoms with E-state index in [2.05, 4.69) is 0 Å². The molecule has 0 saturated carbocycles. The van der Waals surface area contributed by atoms with Crippen LogP contribution >= 0.6 is 11.8 Å². The number of carbonyl (C=O) groups excluding carboxylic acids is 3. The maximum absolute atomic E-state index is 13.6. The molecule has 37 heavy (non-hydrogen) atoms. The Kier molecular flexibility index (Phi) is 6.45. The number of rotatable bonds is 6. The molecule has 2 saturated heterocycles. The molecule has 2 atom stereocenters. The van der Waals surface area contributed by atoms with Gasteiger partial charge in [0.1, 0.15) is 23.1 Å². The van der Waals surface area contributed by atoms with E-state index in [1.54, 1.807) is 0 Å². The topological polar surface area (TPSA) is 63.7 Å². The van der Waals surface area contributed by atoms with E-state index in [-0.39, 0.29) is 11.1 Å². The number of nitrogens with zero attached hydrogens (tertiary/aromatic N) is 1. The SMILES string of the molecule is CC1(C)S[C@@H]2/C(=C\C(=O)c3cc(F)cc(F)c3)C(=O)N2[C@H]1C(=O)OC(c1ccccc1)c1ccccc1. The monoisotopic (exact) mass is 519 g/mol. The molecule has 2 aliphatic rings. The highest BCUT2D eigenvalue weighted by Crippen LogP contribution is 2.53. The van der Waals surface area contributed by atoms with E-state index in [0.29, 0.717) is 6.07 Å². The van der Waals surface area contributed by atoms with Gasteiger partial charge in [-0.25, -0.2) is 13.6 Å². The Hall–Kier alpha value is -3.78. The van der Waals surface area contributed by atoms with E-state index >= 15 is 0 Å². The minimum atomic E-state index is -0.885. The van der Waals surface area contributed by atoms with Crippen molar-refractivity contribution in [3.8, 4) is 0 Å². The number of ketones is 1. The zero-order chi connectivity index (χ0) is 26.3. The second-order valence-corrected chi connectivity index (χ2v) is 11.2. The summed E-state index contributed by atoms with van der Waals surface area (Å²) in [6, 6.07) is 20.3. The van der Waals surface area contributed by atoms with Gasteiger partial charge in [0.05, 0.1) is 5.57 Å². The Bertz CT molecular complexity index is 1350. The summed E-state index contributed by atoms with van der Waals surface area (Å²) in [7, 11) is 0. The number of carbonyl (C=O) groups is 3. The Morgan fingerprint density at radius 3 is 2.03 bits per heavy atom. The van der Waals surface area contributed by atoms with E-state index < -0.39 is 51.6 Å². The van der Waals surface area contributed by atoms with Crippen LogP contribution in [0.5, 0.6) is 0 Å². The molecule has 2 fully saturated rings. The van der Waals surface area contributed by atoms with Gasteiger partial charge in [0.25, 0.3) is 5.91 Å². The highest BCUT2D eigenvalue weighted by Gasteiger charge is 2.62. The largest absolute Gasteiger partial charge is 0.451 e. The molecule has 0 spiro atoms. The molecular weight excluding hydrogens is 496 g/mol. The van der Waals surface area contributed by atoms with Crippen molar-refractivity contribution >= 4 is 29.4 Å². The summed E-state index contributed by atoms with van der Waals surface area (Å²) in [6.45, 7) is 3.69. The van der Waals surface area contributed by atoms with Crippen molar-refractivity contribution in [2.75, 3.05) is 0 Å². The number of hydrogen-bond acceptors (Lipinski definition) is 5. The quantitative estimate of drug-likeness (QED) is 0.187. The lowest BCUT2D eigenvalue weighted by Crippen LogP contribution is -2.59. The minimum absolute atomic E-state index is 0.186. The van der Waals surface area contributed by atoms with Crippen LogP contribution in [0.25, 0.3) is 0 Å². The normalized spacial score (nSPS) is 21.1. The summed E-state index contributed by atoms with van der Waals surface area (Å²) in [5.41, 5.74) is 1.59. The van der Waals surface area contributed by atoms with Gasteiger partial charge in [-0.3, -0.25) is 9.59 Å². The molecule has 5 rings (SSSR count). The van der Waals surface area contributed by atoms with Gasteiger partial charge >= 0.3 is 5.97 Å². The predicted octanol–water partition coefficient (Wildman–Crippen LogP) is 5.47.